The topological polar surface area (TPSA) is 139 Å². The Balaban J connectivity index is 1.26. The van der Waals surface area contributed by atoms with Gasteiger partial charge >= 0.3 is 6.01 Å². The standard InChI is InChI=1S/C31H35F3N8O4S2/c32-16-9-31(7-2-8-40(31)12-16)15-46-30-38-24-22(34)25(20-5-6-21(33)26-23(20)37-29(35)47-26)42(17-3-1-4-17)48(43,44)27(24)28(39-30)41-18-10-36-11-19(41)14-45-13-18/h5-6,16-19,36H,1-4,7-15H2,(H2,35,37)/t16-,18?,19?,31+/m1/s1. The summed E-state index contributed by atoms with van der Waals surface area (Å²) in [5.41, 5.74) is 4.94. The van der Waals surface area contributed by atoms with Crippen molar-refractivity contribution >= 4 is 54.1 Å². The van der Waals surface area contributed by atoms with Gasteiger partial charge in [-0.25, -0.2) is 26.6 Å². The molecule has 1 saturated carbocycles. The zero-order valence-electron chi connectivity index (χ0n) is 26.0. The molecule has 48 heavy (non-hydrogen) atoms. The van der Waals surface area contributed by atoms with E-state index in [1.165, 1.54) is 12.1 Å². The van der Waals surface area contributed by atoms with Crippen LogP contribution in [-0.2, 0) is 14.8 Å². The van der Waals surface area contributed by atoms with E-state index in [0.29, 0.717) is 52.1 Å². The average molecular weight is 705 g/mol. The summed E-state index contributed by atoms with van der Waals surface area (Å²) < 4.78 is 90.2. The molecule has 256 valence electrons. The Hall–Kier alpha value is -3.25. The third kappa shape index (κ3) is 4.57. The molecule has 0 spiro atoms. The fraction of sp³-hybridized carbons (Fsp3) is 0.581. The van der Waals surface area contributed by atoms with Crippen LogP contribution in [0.1, 0.15) is 49.8 Å². The van der Waals surface area contributed by atoms with Gasteiger partial charge in [-0.1, -0.05) is 11.3 Å². The highest BCUT2D eigenvalue weighted by atomic mass is 32.2. The Morgan fingerprint density at radius 1 is 1.10 bits per heavy atom. The first-order chi connectivity index (χ1) is 23.1. The van der Waals surface area contributed by atoms with Gasteiger partial charge in [-0.2, -0.15) is 9.97 Å². The second-order valence-corrected chi connectivity index (χ2v) is 16.4. The number of nitrogens with zero attached hydrogens (tertiary/aromatic N) is 6. The van der Waals surface area contributed by atoms with Crippen LogP contribution in [0.5, 0.6) is 6.01 Å². The minimum absolute atomic E-state index is 0.0612. The second-order valence-electron chi connectivity index (χ2n) is 13.7. The lowest BCUT2D eigenvalue weighted by Gasteiger charge is -2.48. The van der Waals surface area contributed by atoms with Gasteiger partial charge in [0.25, 0.3) is 10.0 Å². The largest absolute Gasteiger partial charge is 0.461 e. The van der Waals surface area contributed by atoms with Crippen molar-refractivity contribution in [1.82, 2.24) is 29.5 Å². The maximum Gasteiger partial charge on any atom is 0.319 e. The molecular formula is C31H35F3N8O4S2. The Kier molecular flexibility index (Phi) is 7.14. The summed E-state index contributed by atoms with van der Waals surface area (Å²) in [5.74, 6) is -1.43. The van der Waals surface area contributed by atoms with Crippen LogP contribution < -0.4 is 20.7 Å². The van der Waals surface area contributed by atoms with Gasteiger partial charge in [-0.15, -0.1) is 0 Å². The van der Waals surface area contributed by atoms with E-state index in [9.17, 15) is 17.2 Å². The third-order valence-electron chi connectivity index (χ3n) is 10.8. The van der Waals surface area contributed by atoms with Gasteiger partial charge in [-0.05, 0) is 50.8 Å². The first-order valence-corrected chi connectivity index (χ1v) is 18.7. The summed E-state index contributed by atoms with van der Waals surface area (Å²) in [6.07, 6.45) is 2.79. The number of halogens is 3. The molecule has 2 aromatic heterocycles. The number of nitrogens with one attached hydrogen (secondary N) is 1. The van der Waals surface area contributed by atoms with Gasteiger partial charge in [0.2, 0.25) is 0 Å². The number of sulfonamides is 1. The fourth-order valence-corrected chi connectivity index (χ4v) is 11.2. The molecule has 12 nitrogen and oxygen atoms in total. The molecule has 3 aromatic rings. The Morgan fingerprint density at radius 3 is 2.65 bits per heavy atom. The molecule has 7 heterocycles. The summed E-state index contributed by atoms with van der Waals surface area (Å²) in [6.45, 7) is 2.83. The number of fused-ring (bicyclic) bond motifs is 5. The van der Waals surface area contributed by atoms with Crippen LogP contribution in [0, 0.1) is 5.82 Å². The predicted molar refractivity (Wildman–Crippen MR) is 173 cm³/mol. The first kappa shape index (κ1) is 30.8. The van der Waals surface area contributed by atoms with E-state index in [2.05, 4.69) is 20.2 Å². The second kappa shape index (κ2) is 11.1. The van der Waals surface area contributed by atoms with Crippen LogP contribution in [0.25, 0.3) is 21.7 Å². The molecule has 0 radical (unpaired) electrons. The number of ether oxygens (including phenoxy) is 2. The lowest BCUT2D eigenvalue weighted by molar-refractivity contribution is 0.0516. The molecule has 0 amide bonds. The Morgan fingerprint density at radius 2 is 1.90 bits per heavy atom. The van der Waals surface area contributed by atoms with E-state index in [1.54, 1.807) is 0 Å². The number of benzene rings is 1. The lowest BCUT2D eigenvalue weighted by atomic mass is 9.92. The minimum atomic E-state index is -4.48. The van der Waals surface area contributed by atoms with E-state index < -0.39 is 45.1 Å². The monoisotopic (exact) mass is 704 g/mol. The maximum absolute atomic E-state index is 17.5. The summed E-state index contributed by atoms with van der Waals surface area (Å²) in [7, 11) is -4.48. The molecule has 1 aliphatic carbocycles. The van der Waals surface area contributed by atoms with E-state index in [-0.39, 0.29) is 62.0 Å². The van der Waals surface area contributed by atoms with Gasteiger partial charge in [0.15, 0.2) is 21.7 Å². The van der Waals surface area contributed by atoms with Crippen molar-refractivity contribution in [3.05, 3.63) is 29.2 Å². The van der Waals surface area contributed by atoms with Crippen molar-refractivity contribution in [2.45, 2.75) is 73.3 Å². The minimum Gasteiger partial charge on any atom is -0.461 e. The van der Waals surface area contributed by atoms with Crippen LogP contribution in [0.15, 0.2) is 17.0 Å². The highest BCUT2D eigenvalue weighted by Gasteiger charge is 2.51. The normalized spacial score (nSPS) is 30.1. The molecule has 4 atom stereocenters. The van der Waals surface area contributed by atoms with E-state index in [1.807, 2.05) is 4.90 Å². The van der Waals surface area contributed by atoms with Crippen LogP contribution in [0.2, 0.25) is 0 Å². The zero-order valence-corrected chi connectivity index (χ0v) is 27.6. The maximum atomic E-state index is 17.5. The number of thiazole rings is 1. The molecular weight excluding hydrogens is 670 g/mol. The Bertz CT molecular complexity index is 1940. The molecule has 1 aromatic carbocycles. The zero-order chi connectivity index (χ0) is 32.9. The number of nitrogens with two attached hydrogens (primary N) is 1. The summed E-state index contributed by atoms with van der Waals surface area (Å²) >= 11 is 0.910. The van der Waals surface area contributed by atoms with E-state index in [4.69, 9.17) is 20.2 Å². The van der Waals surface area contributed by atoms with Gasteiger partial charge in [0, 0.05) is 37.7 Å². The highest BCUT2D eigenvalue weighted by Crippen LogP contribution is 2.51. The molecule has 4 saturated heterocycles. The molecule has 5 fully saturated rings. The lowest BCUT2D eigenvalue weighted by Crippen LogP contribution is -2.64. The first-order valence-electron chi connectivity index (χ1n) is 16.4. The number of alkyl halides is 1. The fourth-order valence-electron chi connectivity index (χ4n) is 8.42. The third-order valence-corrected chi connectivity index (χ3v) is 13.6. The smallest absolute Gasteiger partial charge is 0.319 e. The number of morpholine rings is 1. The van der Waals surface area contributed by atoms with Gasteiger partial charge in [0.05, 0.1) is 46.8 Å². The molecule has 17 heteroatoms. The molecule has 2 unspecified atom stereocenters. The SMILES string of the molecule is Nc1nc2c(C3=C(F)c4nc(OC[C@@]56CCCN5C[C@H](F)C6)nc(N5C6CNCC5COC6)c4S(=O)(=O)N3C3CCC3)ccc(F)c2s1. The number of hydrogen-bond donors (Lipinski definition) is 2. The number of piperazine rings is 1. The van der Waals surface area contributed by atoms with Gasteiger partial charge in [-0.3, -0.25) is 9.21 Å². The van der Waals surface area contributed by atoms with Crippen molar-refractivity contribution in [2.75, 3.05) is 56.6 Å². The molecule has 3 N–H and O–H groups in total. The molecule has 2 bridgehead atoms. The quantitative estimate of drug-likeness (QED) is 0.391. The van der Waals surface area contributed by atoms with Crippen LogP contribution in [0.3, 0.4) is 0 Å². The van der Waals surface area contributed by atoms with E-state index in [0.717, 1.165) is 41.4 Å². The summed E-state index contributed by atoms with van der Waals surface area (Å²) in [5, 5.41) is 3.44. The number of nitrogen functional groups attached to an aromatic ring is 1. The van der Waals surface area contributed by atoms with Crippen molar-refractivity contribution in [3.63, 3.8) is 0 Å². The average Bonchev–Trinajstić information content (AvgIpc) is 3.70. The van der Waals surface area contributed by atoms with Gasteiger partial charge in [0.1, 0.15) is 24.3 Å². The van der Waals surface area contributed by atoms with Crippen molar-refractivity contribution in [3.8, 4) is 6.01 Å². The molecule has 6 aliphatic rings. The summed E-state index contributed by atoms with van der Waals surface area (Å²) in [4.78, 5) is 17.2. The molecule has 5 aliphatic heterocycles. The van der Waals surface area contributed by atoms with Crippen LogP contribution >= 0.6 is 11.3 Å². The van der Waals surface area contributed by atoms with Crippen molar-refractivity contribution in [2.24, 2.45) is 0 Å². The van der Waals surface area contributed by atoms with Gasteiger partial charge < -0.3 is 25.4 Å². The number of rotatable bonds is 6. The molecule has 9 rings (SSSR count). The van der Waals surface area contributed by atoms with Crippen molar-refractivity contribution < 1.29 is 31.1 Å². The Labute approximate surface area is 279 Å². The number of anilines is 2. The van der Waals surface area contributed by atoms with Crippen molar-refractivity contribution in [1.29, 1.82) is 0 Å². The van der Waals surface area contributed by atoms with Crippen LogP contribution in [-0.4, -0.2) is 108 Å². The predicted octanol–water partition coefficient (Wildman–Crippen LogP) is 3.29. The number of hydrogen-bond acceptors (Lipinski definition) is 12. The number of aromatic nitrogens is 3. The van der Waals surface area contributed by atoms with E-state index >= 15 is 4.39 Å². The van der Waals surface area contributed by atoms with Crippen LogP contribution in [0.4, 0.5) is 24.1 Å². The summed E-state index contributed by atoms with van der Waals surface area (Å²) in [6, 6.07) is 1.26. The highest BCUT2D eigenvalue weighted by molar-refractivity contribution is 7.89.